The summed E-state index contributed by atoms with van der Waals surface area (Å²) >= 11 is 11.7. The van der Waals surface area contributed by atoms with Crippen molar-refractivity contribution >= 4 is 44.8 Å². The SMILES string of the molecule is O=C(Nc1ccc(Cl)c(Cl)c1)c1cc(S(=O)(=O)NCCC2CCCC2)ccc1F. The molecule has 1 fully saturated rings. The van der Waals surface area contributed by atoms with Crippen LogP contribution in [0.15, 0.2) is 41.3 Å². The van der Waals surface area contributed by atoms with Crippen LogP contribution in [0.4, 0.5) is 10.1 Å². The smallest absolute Gasteiger partial charge is 0.258 e. The summed E-state index contributed by atoms with van der Waals surface area (Å²) in [7, 11) is -3.85. The van der Waals surface area contributed by atoms with Crippen molar-refractivity contribution in [3.05, 3.63) is 57.8 Å². The minimum atomic E-state index is -3.85. The number of benzene rings is 2. The van der Waals surface area contributed by atoms with E-state index in [0.29, 0.717) is 23.2 Å². The highest BCUT2D eigenvalue weighted by Gasteiger charge is 2.21. The Morgan fingerprint density at radius 1 is 1.07 bits per heavy atom. The lowest BCUT2D eigenvalue weighted by Crippen LogP contribution is -2.26. The Labute approximate surface area is 179 Å². The molecule has 3 rings (SSSR count). The standard InChI is InChI=1S/C20H21Cl2FN2O3S/c21-17-7-5-14(11-18(17)22)25-20(26)16-12-15(6-8-19(16)23)29(27,28)24-10-9-13-3-1-2-4-13/h5-8,11-13,24H,1-4,9-10H2,(H,25,26). The summed E-state index contributed by atoms with van der Waals surface area (Å²) in [4.78, 5) is 12.3. The van der Waals surface area contributed by atoms with Gasteiger partial charge >= 0.3 is 0 Å². The fourth-order valence-electron chi connectivity index (χ4n) is 3.40. The zero-order valence-electron chi connectivity index (χ0n) is 15.6. The predicted molar refractivity (Wildman–Crippen MR) is 113 cm³/mol. The highest BCUT2D eigenvalue weighted by Crippen LogP contribution is 2.27. The fraction of sp³-hybridized carbons (Fsp3) is 0.350. The molecule has 0 bridgehead atoms. The molecule has 156 valence electrons. The second-order valence-corrected chi connectivity index (χ2v) is 9.64. The zero-order chi connectivity index (χ0) is 21.0. The molecule has 1 amide bonds. The third kappa shape index (κ3) is 5.69. The third-order valence-corrected chi connectivity index (χ3v) is 7.19. The van der Waals surface area contributed by atoms with Crippen LogP contribution in [-0.4, -0.2) is 20.9 Å². The molecule has 1 aliphatic carbocycles. The molecule has 0 radical (unpaired) electrons. The fourth-order valence-corrected chi connectivity index (χ4v) is 4.77. The van der Waals surface area contributed by atoms with Gasteiger partial charge in [0.1, 0.15) is 5.82 Å². The molecule has 29 heavy (non-hydrogen) atoms. The molecule has 2 N–H and O–H groups in total. The van der Waals surface area contributed by atoms with Gasteiger partial charge in [-0.05, 0) is 48.7 Å². The average molecular weight is 459 g/mol. The highest BCUT2D eigenvalue weighted by molar-refractivity contribution is 7.89. The molecule has 0 atom stereocenters. The maximum Gasteiger partial charge on any atom is 0.258 e. The number of carbonyl (C=O) groups excluding carboxylic acids is 1. The van der Waals surface area contributed by atoms with Crippen LogP contribution in [0.3, 0.4) is 0 Å². The van der Waals surface area contributed by atoms with Gasteiger partial charge in [0.05, 0.1) is 20.5 Å². The van der Waals surface area contributed by atoms with Crippen molar-refractivity contribution in [1.29, 1.82) is 0 Å². The van der Waals surface area contributed by atoms with Crippen molar-refractivity contribution in [2.24, 2.45) is 5.92 Å². The molecule has 9 heteroatoms. The first kappa shape index (κ1) is 22.0. The minimum Gasteiger partial charge on any atom is -0.322 e. The number of halogens is 3. The number of anilines is 1. The monoisotopic (exact) mass is 458 g/mol. The van der Waals surface area contributed by atoms with Crippen LogP contribution in [0.2, 0.25) is 10.0 Å². The lowest BCUT2D eigenvalue weighted by Gasteiger charge is -2.12. The van der Waals surface area contributed by atoms with Crippen molar-refractivity contribution in [2.45, 2.75) is 37.0 Å². The molecule has 0 aliphatic heterocycles. The molecule has 2 aromatic rings. The lowest BCUT2D eigenvalue weighted by atomic mass is 10.1. The number of rotatable bonds is 7. The summed E-state index contributed by atoms with van der Waals surface area (Å²) in [6.07, 6.45) is 5.39. The van der Waals surface area contributed by atoms with E-state index in [2.05, 4.69) is 10.0 Å². The third-order valence-electron chi connectivity index (χ3n) is 4.99. The number of sulfonamides is 1. The first-order chi connectivity index (χ1) is 13.8. The van der Waals surface area contributed by atoms with Gasteiger partial charge in [0.25, 0.3) is 5.91 Å². The van der Waals surface area contributed by atoms with Gasteiger partial charge in [-0.2, -0.15) is 0 Å². The Hall–Kier alpha value is -1.67. The maximum atomic E-state index is 14.2. The first-order valence-electron chi connectivity index (χ1n) is 9.32. The van der Waals surface area contributed by atoms with Crippen LogP contribution in [0, 0.1) is 11.7 Å². The molecule has 0 spiro atoms. The van der Waals surface area contributed by atoms with E-state index in [9.17, 15) is 17.6 Å². The van der Waals surface area contributed by atoms with Gasteiger partial charge in [-0.25, -0.2) is 17.5 Å². The molecule has 1 aliphatic rings. The summed E-state index contributed by atoms with van der Waals surface area (Å²) in [6.45, 7) is 0.315. The van der Waals surface area contributed by atoms with Crippen molar-refractivity contribution < 1.29 is 17.6 Å². The van der Waals surface area contributed by atoms with Crippen molar-refractivity contribution in [2.75, 3.05) is 11.9 Å². The van der Waals surface area contributed by atoms with Crippen LogP contribution in [0.1, 0.15) is 42.5 Å². The lowest BCUT2D eigenvalue weighted by molar-refractivity contribution is 0.102. The average Bonchev–Trinajstić information content (AvgIpc) is 3.18. The predicted octanol–water partition coefficient (Wildman–Crippen LogP) is 5.24. The molecule has 0 aromatic heterocycles. The number of hydrogen-bond acceptors (Lipinski definition) is 3. The number of carbonyl (C=O) groups is 1. The Bertz CT molecular complexity index is 1010. The first-order valence-corrected chi connectivity index (χ1v) is 11.6. The molecule has 0 heterocycles. The summed E-state index contributed by atoms with van der Waals surface area (Å²) in [6, 6.07) is 7.56. The highest BCUT2D eigenvalue weighted by atomic mass is 35.5. The van der Waals surface area contributed by atoms with Crippen molar-refractivity contribution in [1.82, 2.24) is 4.72 Å². The van der Waals surface area contributed by atoms with Crippen LogP contribution < -0.4 is 10.0 Å². The van der Waals surface area contributed by atoms with Gasteiger partial charge in [0, 0.05) is 12.2 Å². The zero-order valence-corrected chi connectivity index (χ0v) is 17.9. The normalized spacial score (nSPS) is 14.9. The topological polar surface area (TPSA) is 75.3 Å². The summed E-state index contributed by atoms with van der Waals surface area (Å²) in [5, 5.41) is 3.03. The van der Waals surface area contributed by atoms with Crippen molar-refractivity contribution in [3.8, 4) is 0 Å². The summed E-state index contributed by atoms with van der Waals surface area (Å²) in [5.74, 6) is -1.07. The van der Waals surface area contributed by atoms with Gasteiger partial charge in [-0.3, -0.25) is 4.79 Å². The Morgan fingerprint density at radius 2 is 1.79 bits per heavy atom. The quantitative estimate of drug-likeness (QED) is 0.595. The molecule has 1 saturated carbocycles. The van der Waals surface area contributed by atoms with Gasteiger partial charge in [0.2, 0.25) is 10.0 Å². The largest absolute Gasteiger partial charge is 0.322 e. The number of hydrogen-bond donors (Lipinski definition) is 2. The van der Waals surface area contributed by atoms with Crippen LogP contribution >= 0.6 is 23.2 Å². The van der Waals surface area contributed by atoms with E-state index in [0.717, 1.165) is 37.5 Å². The van der Waals surface area contributed by atoms with E-state index in [4.69, 9.17) is 23.2 Å². The summed E-state index contributed by atoms with van der Waals surface area (Å²) < 4.78 is 41.8. The van der Waals surface area contributed by atoms with E-state index in [-0.39, 0.29) is 15.5 Å². The molecule has 0 unspecified atom stereocenters. The van der Waals surface area contributed by atoms with Crippen LogP contribution in [0.25, 0.3) is 0 Å². The molecular weight excluding hydrogens is 438 g/mol. The van der Waals surface area contributed by atoms with E-state index in [1.165, 1.54) is 31.0 Å². The second kappa shape index (κ2) is 9.43. The molecular formula is C20H21Cl2FN2O3S. The van der Waals surface area contributed by atoms with Gasteiger partial charge in [-0.1, -0.05) is 48.9 Å². The minimum absolute atomic E-state index is 0.162. The van der Waals surface area contributed by atoms with Crippen LogP contribution in [-0.2, 0) is 10.0 Å². The van der Waals surface area contributed by atoms with Gasteiger partial charge < -0.3 is 5.32 Å². The van der Waals surface area contributed by atoms with E-state index in [1.807, 2.05) is 0 Å². The van der Waals surface area contributed by atoms with Crippen molar-refractivity contribution in [3.63, 3.8) is 0 Å². The van der Waals surface area contributed by atoms with E-state index in [1.54, 1.807) is 0 Å². The number of amides is 1. The van der Waals surface area contributed by atoms with Gasteiger partial charge in [-0.15, -0.1) is 0 Å². The van der Waals surface area contributed by atoms with Gasteiger partial charge in [0.15, 0.2) is 0 Å². The van der Waals surface area contributed by atoms with E-state index >= 15 is 0 Å². The maximum absolute atomic E-state index is 14.2. The summed E-state index contributed by atoms with van der Waals surface area (Å²) in [5.41, 5.74) is -0.0681. The Kier molecular flexibility index (Phi) is 7.16. The molecule has 0 saturated heterocycles. The Balaban J connectivity index is 1.72. The van der Waals surface area contributed by atoms with E-state index < -0.39 is 21.7 Å². The molecule has 5 nitrogen and oxygen atoms in total. The number of nitrogens with one attached hydrogen (secondary N) is 2. The van der Waals surface area contributed by atoms with Crippen LogP contribution in [0.5, 0.6) is 0 Å². The molecule has 2 aromatic carbocycles. The Morgan fingerprint density at radius 3 is 2.48 bits per heavy atom. The second-order valence-electron chi connectivity index (χ2n) is 7.06.